The Morgan fingerprint density at radius 1 is 0.841 bits per heavy atom. The summed E-state index contributed by atoms with van der Waals surface area (Å²) in [6, 6.07) is 0.366. The molecule has 0 spiro atoms. The van der Waals surface area contributed by atoms with Gasteiger partial charge in [0.05, 0.1) is 6.04 Å². The number of carboxylic acid groups (broad SMARTS) is 1. The van der Waals surface area contributed by atoms with E-state index in [1.54, 1.807) is 12.1 Å². The van der Waals surface area contributed by atoms with Gasteiger partial charge >= 0.3 is 5.97 Å². The zero-order chi connectivity index (χ0) is 33.2. The van der Waals surface area contributed by atoms with Gasteiger partial charge < -0.3 is 54.4 Å². The third kappa shape index (κ3) is 14.4. The van der Waals surface area contributed by atoms with Gasteiger partial charge in [-0.1, -0.05) is 18.6 Å². The number of nitrogens with zero attached hydrogens (tertiary/aromatic N) is 1. The number of phenols is 1. The molecular weight excluding hydrogens is 594 g/mol. The largest absolute Gasteiger partial charge is 0.508 e. The first-order valence-corrected chi connectivity index (χ1v) is 14.8. The van der Waals surface area contributed by atoms with Gasteiger partial charge in [0.2, 0.25) is 23.6 Å². The number of nitrogens with one attached hydrogen (secondary N) is 4. The lowest BCUT2D eigenvalue weighted by Gasteiger charge is -2.25. The van der Waals surface area contributed by atoms with Gasteiger partial charge in [0.15, 0.2) is 5.96 Å². The van der Waals surface area contributed by atoms with Crippen molar-refractivity contribution in [3.05, 3.63) is 29.8 Å². The summed E-state index contributed by atoms with van der Waals surface area (Å²) in [6.07, 6.45) is 2.01. The van der Waals surface area contributed by atoms with E-state index in [4.69, 9.17) is 22.9 Å². The standard InChI is InChI=1S/C27H45N9O7S/c1-15(22(38)34-19(26(42)43)6-4-12-32-27(30)31)33-25(41)21(14-44)36-24(40)20(13-16-7-9-17(37)10-8-16)35-23(39)18(29)5-2-3-11-28/h7-10,15,18-21,37,44H,2-6,11-14,28-29H2,1H3,(H,33,41)(H,34,38)(H,35,39)(H,36,40)(H,42,43)(H4,30,31,32)/t15-,18-,19-,20-,21-/m0/s1. The Morgan fingerprint density at radius 2 is 1.43 bits per heavy atom. The SMILES string of the molecule is C[C@H](NC(=O)[C@H](CS)NC(=O)[C@H](Cc1ccc(O)cc1)NC(=O)[C@@H](N)CCCCN)C(=O)N[C@@H](CCCN=C(N)N)C(=O)O. The minimum atomic E-state index is -1.28. The molecule has 0 aromatic heterocycles. The average Bonchev–Trinajstić information content (AvgIpc) is 2.97. The molecule has 0 aliphatic carbocycles. The van der Waals surface area contributed by atoms with Crippen molar-refractivity contribution in [2.75, 3.05) is 18.8 Å². The molecule has 4 amide bonds. The van der Waals surface area contributed by atoms with Crippen molar-refractivity contribution >= 4 is 48.2 Å². The quantitative estimate of drug-likeness (QED) is 0.0305. The van der Waals surface area contributed by atoms with E-state index in [0.717, 1.165) is 0 Å². The highest BCUT2D eigenvalue weighted by Gasteiger charge is 2.30. The van der Waals surface area contributed by atoms with Crippen LogP contribution < -0.4 is 44.2 Å². The van der Waals surface area contributed by atoms with Crippen LogP contribution in [0.2, 0.25) is 0 Å². The third-order valence-electron chi connectivity index (χ3n) is 6.44. The number of carbonyl (C=O) groups is 5. The lowest BCUT2D eigenvalue weighted by Crippen LogP contribution is -2.58. The first-order valence-electron chi connectivity index (χ1n) is 14.1. The number of unbranched alkanes of at least 4 members (excludes halogenated alkanes) is 1. The van der Waals surface area contributed by atoms with Gasteiger partial charge in [-0.3, -0.25) is 24.2 Å². The average molecular weight is 640 g/mol. The number of amides is 4. The van der Waals surface area contributed by atoms with Crippen molar-refractivity contribution in [2.45, 2.75) is 75.7 Å². The normalized spacial score (nSPS) is 14.2. The third-order valence-corrected chi connectivity index (χ3v) is 6.81. The molecule has 44 heavy (non-hydrogen) atoms. The van der Waals surface area contributed by atoms with Gasteiger partial charge in [0.25, 0.3) is 0 Å². The van der Waals surface area contributed by atoms with Crippen molar-refractivity contribution in [2.24, 2.45) is 27.9 Å². The number of hydrogen-bond donors (Lipinski definition) is 11. The Kier molecular flexibility index (Phi) is 17.2. The molecule has 1 aromatic rings. The van der Waals surface area contributed by atoms with Crippen molar-refractivity contribution in [1.82, 2.24) is 21.3 Å². The molecule has 1 aromatic carbocycles. The summed E-state index contributed by atoms with van der Waals surface area (Å²) in [5.74, 6) is -4.36. The molecule has 14 N–H and O–H groups in total. The Hall–Kier alpha value is -4.09. The molecule has 0 radical (unpaired) electrons. The van der Waals surface area contributed by atoms with Crippen LogP contribution in [0.4, 0.5) is 0 Å². The van der Waals surface area contributed by atoms with E-state index in [9.17, 15) is 34.2 Å². The van der Waals surface area contributed by atoms with Crippen LogP contribution in [0.1, 0.15) is 44.6 Å². The lowest BCUT2D eigenvalue weighted by molar-refractivity contribution is -0.142. The zero-order valence-corrected chi connectivity index (χ0v) is 25.6. The molecule has 5 atom stereocenters. The number of carbonyl (C=O) groups excluding carboxylic acids is 4. The first-order chi connectivity index (χ1) is 20.8. The topological polar surface area (TPSA) is 290 Å². The predicted molar refractivity (Wildman–Crippen MR) is 167 cm³/mol. The van der Waals surface area contributed by atoms with E-state index in [0.29, 0.717) is 31.4 Å². The fourth-order valence-electron chi connectivity index (χ4n) is 3.90. The predicted octanol–water partition coefficient (Wildman–Crippen LogP) is -2.58. The summed E-state index contributed by atoms with van der Waals surface area (Å²) in [6.45, 7) is 1.98. The summed E-state index contributed by atoms with van der Waals surface area (Å²) in [4.78, 5) is 67.0. The van der Waals surface area contributed by atoms with Gasteiger partial charge in [-0.25, -0.2) is 4.79 Å². The Labute approximate surface area is 261 Å². The van der Waals surface area contributed by atoms with Crippen LogP contribution in [-0.4, -0.2) is 94.8 Å². The summed E-state index contributed by atoms with van der Waals surface area (Å²) in [5, 5.41) is 29.0. The van der Waals surface area contributed by atoms with E-state index < -0.39 is 59.8 Å². The van der Waals surface area contributed by atoms with Gasteiger partial charge in [0, 0.05) is 18.7 Å². The Morgan fingerprint density at radius 3 is 2.00 bits per heavy atom. The second kappa shape index (κ2) is 20.0. The van der Waals surface area contributed by atoms with Crippen LogP contribution in [0.5, 0.6) is 5.75 Å². The number of aliphatic imine (C=N–C) groups is 1. The van der Waals surface area contributed by atoms with E-state index in [1.165, 1.54) is 19.1 Å². The molecule has 246 valence electrons. The van der Waals surface area contributed by atoms with Crippen molar-refractivity contribution in [1.29, 1.82) is 0 Å². The van der Waals surface area contributed by atoms with E-state index in [-0.39, 0.29) is 43.3 Å². The summed E-state index contributed by atoms with van der Waals surface area (Å²) in [5.41, 5.74) is 22.6. The highest BCUT2D eigenvalue weighted by Crippen LogP contribution is 2.12. The maximum absolute atomic E-state index is 13.3. The lowest BCUT2D eigenvalue weighted by atomic mass is 10.0. The van der Waals surface area contributed by atoms with Crippen molar-refractivity contribution in [3.63, 3.8) is 0 Å². The number of phenolic OH excluding ortho intramolecular Hbond substituents is 1. The van der Waals surface area contributed by atoms with Crippen molar-refractivity contribution < 1.29 is 34.2 Å². The number of carboxylic acids is 1. The monoisotopic (exact) mass is 639 g/mol. The molecule has 0 heterocycles. The molecule has 0 bridgehead atoms. The molecule has 0 saturated heterocycles. The van der Waals surface area contributed by atoms with Crippen LogP contribution in [0.25, 0.3) is 0 Å². The van der Waals surface area contributed by atoms with Crippen molar-refractivity contribution in [3.8, 4) is 5.75 Å². The minimum Gasteiger partial charge on any atom is -0.508 e. The number of guanidine groups is 1. The van der Waals surface area contributed by atoms with Crippen LogP contribution in [-0.2, 0) is 30.4 Å². The number of hydrogen-bond acceptors (Lipinski definition) is 10. The molecule has 17 heteroatoms. The minimum absolute atomic E-state index is 0.0197. The second-order valence-electron chi connectivity index (χ2n) is 10.1. The second-order valence-corrected chi connectivity index (χ2v) is 10.5. The van der Waals surface area contributed by atoms with Gasteiger partial charge in [-0.15, -0.1) is 0 Å². The Balaban J connectivity index is 2.90. The number of rotatable bonds is 20. The number of benzene rings is 1. The fraction of sp³-hybridized carbons (Fsp3) is 0.556. The van der Waals surface area contributed by atoms with Crippen LogP contribution in [0.15, 0.2) is 29.3 Å². The molecular formula is C27H45N9O7S. The number of aromatic hydroxyl groups is 1. The van der Waals surface area contributed by atoms with Gasteiger partial charge in [0.1, 0.15) is 29.9 Å². The van der Waals surface area contributed by atoms with E-state index >= 15 is 0 Å². The molecule has 1 rings (SSSR count). The summed E-state index contributed by atoms with van der Waals surface area (Å²) >= 11 is 4.15. The zero-order valence-electron chi connectivity index (χ0n) is 24.7. The van der Waals surface area contributed by atoms with Gasteiger partial charge in [-0.2, -0.15) is 12.6 Å². The Bertz CT molecular complexity index is 1130. The van der Waals surface area contributed by atoms with E-state index in [2.05, 4.69) is 38.9 Å². The van der Waals surface area contributed by atoms with Gasteiger partial charge in [-0.05, 0) is 56.8 Å². The number of thiol groups is 1. The summed E-state index contributed by atoms with van der Waals surface area (Å²) in [7, 11) is 0. The highest BCUT2D eigenvalue weighted by molar-refractivity contribution is 7.80. The van der Waals surface area contributed by atoms with E-state index in [1.807, 2.05) is 0 Å². The first kappa shape index (κ1) is 37.9. The smallest absolute Gasteiger partial charge is 0.326 e. The molecule has 0 saturated carbocycles. The van der Waals surface area contributed by atoms with Crippen LogP contribution >= 0.6 is 12.6 Å². The molecule has 0 aliphatic rings. The van der Waals surface area contributed by atoms with Crippen LogP contribution in [0.3, 0.4) is 0 Å². The van der Waals surface area contributed by atoms with Crippen LogP contribution in [0, 0.1) is 0 Å². The maximum Gasteiger partial charge on any atom is 0.326 e. The number of aliphatic carboxylic acids is 1. The molecule has 0 aliphatic heterocycles. The number of nitrogens with two attached hydrogens (primary N) is 4. The fourth-order valence-corrected chi connectivity index (χ4v) is 4.16. The maximum atomic E-state index is 13.3. The highest BCUT2D eigenvalue weighted by atomic mass is 32.1. The molecule has 0 fully saturated rings. The molecule has 16 nitrogen and oxygen atoms in total. The molecule has 0 unspecified atom stereocenters. The summed E-state index contributed by atoms with van der Waals surface area (Å²) < 4.78 is 0.